The van der Waals surface area contributed by atoms with Gasteiger partial charge in [0, 0.05) is 29.3 Å². The summed E-state index contributed by atoms with van der Waals surface area (Å²) < 4.78 is 1.92. The number of benzene rings is 1. The van der Waals surface area contributed by atoms with Crippen molar-refractivity contribution in [3.63, 3.8) is 0 Å². The van der Waals surface area contributed by atoms with Gasteiger partial charge in [0.15, 0.2) is 5.65 Å². The first-order chi connectivity index (χ1) is 11.3. The van der Waals surface area contributed by atoms with Crippen LogP contribution < -0.4 is 5.32 Å². The van der Waals surface area contributed by atoms with E-state index < -0.39 is 0 Å². The Morgan fingerprint density at radius 3 is 2.87 bits per heavy atom. The monoisotopic (exact) mass is 322 g/mol. The lowest BCUT2D eigenvalue weighted by Gasteiger charge is -2.08. The molecule has 23 heavy (non-hydrogen) atoms. The molecule has 4 aromatic rings. The zero-order valence-electron chi connectivity index (χ0n) is 11.9. The molecular weight excluding hydrogens is 312 g/mol. The molecule has 0 aliphatic heterocycles. The van der Waals surface area contributed by atoms with E-state index in [1.165, 1.54) is 6.33 Å². The smallest absolute Gasteiger partial charge is 0.157 e. The topological polar surface area (TPSA) is 68.0 Å². The summed E-state index contributed by atoms with van der Waals surface area (Å²) in [4.78, 5) is 17.0. The van der Waals surface area contributed by atoms with Crippen LogP contribution in [0.5, 0.6) is 0 Å². The van der Waals surface area contributed by atoms with E-state index in [4.69, 9.17) is 11.6 Å². The maximum Gasteiger partial charge on any atom is 0.157 e. The third kappa shape index (κ3) is 2.60. The van der Waals surface area contributed by atoms with Crippen molar-refractivity contribution in [2.75, 3.05) is 5.32 Å². The van der Waals surface area contributed by atoms with Gasteiger partial charge in [-0.15, -0.1) is 0 Å². The molecule has 0 aliphatic rings. The van der Waals surface area contributed by atoms with Crippen LogP contribution in [-0.4, -0.2) is 24.3 Å². The highest BCUT2D eigenvalue weighted by atomic mass is 35.5. The first kappa shape index (κ1) is 13.7. The number of rotatable bonds is 3. The molecule has 0 unspecified atom stereocenters. The largest absolute Gasteiger partial charge is 0.339 e. The second kappa shape index (κ2) is 5.66. The standard InChI is InChI=1S/C16H11ClN6/c17-11-2-1-3-12(8-11)21-16-15(13-4-5-19-10-20-13)22-14-9-18-6-7-23(14)16/h1-10,21H. The van der Waals surface area contributed by atoms with E-state index in [-0.39, 0.29) is 0 Å². The summed E-state index contributed by atoms with van der Waals surface area (Å²) in [6.45, 7) is 0. The second-order valence-electron chi connectivity index (χ2n) is 4.84. The molecule has 112 valence electrons. The fourth-order valence-electron chi connectivity index (χ4n) is 2.34. The molecule has 3 aromatic heterocycles. The highest BCUT2D eigenvalue weighted by Crippen LogP contribution is 2.30. The van der Waals surface area contributed by atoms with Gasteiger partial charge >= 0.3 is 0 Å². The van der Waals surface area contributed by atoms with Gasteiger partial charge in [-0.05, 0) is 24.3 Å². The quantitative estimate of drug-likeness (QED) is 0.624. The summed E-state index contributed by atoms with van der Waals surface area (Å²) >= 11 is 6.07. The first-order valence-corrected chi connectivity index (χ1v) is 7.30. The van der Waals surface area contributed by atoms with Crippen molar-refractivity contribution < 1.29 is 0 Å². The van der Waals surface area contributed by atoms with E-state index in [0.29, 0.717) is 5.02 Å². The molecule has 0 spiro atoms. The minimum Gasteiger partial charge on any atom is -0.339 e. The van der Waals surface area contributed by atoms with Crippen molar-refractivity contribution in [3.05, 3.63) is 66.5 Å². The number of fused-ring (bicyclic) bond motifs is 1. The number of halogens is 1. The fraction of sp³-hybridized carbons (Fsp3) is 0. The third-order valence-electron chi connectivity index (χ3n) is 3.34. The predicted molar refractivity (Wildman–Crippen MR) is 88.7 cm³/mol. The van der Waals surface area contributed by atoms with Crippen LogP contribution in [0.3, 0.4) is 0 Å². The van der Waals surface area contributed by atoms with E-state index in [9.17, 15) is 0 Å². The van der Waals surface area contributed by atoms with Gasteiger partial charge < -0.3 is 5.32 Å². The number of nitrogens with one attached hydrogen (secondary N) is 1. The maximum atomic E-state index is 6.07. The molecule has 0 radical (unpaired) electrons. The Hall–Kier alpha value is -2.99. The van der Waals surface area contributed by atoms with Gasteiger partial charge in [-0.3, -0.25) is 9.38 Å². The highest BCUT2D eigenvalue weighted by molar-refractivity contribution is 6.30. The van der Waals surface area contributed by atoms with Gasteiger partial charge in [-0.2, -0.15) is 0 Å². The number of imidazole rings is 1. The van der Waals surface area contributed by atoms with E-state index in [1.807, 2.05) is 40.9 Å². The Morgan fingerprint density at radius 2 is 2.04 bits per heavy atom. The molecule has 4 rings (SSSR count). The fourth-order valence-corrected chi connectivity index (χ4v) is 2.53. The highest BCUT2D eigenvalue weighted by Gasteiger charge is 2.15. The zero-order valence-corrected chi connectivity index (χ0v) is 12.6. The number of hydrogen-bond acceptors (Lipinski definition) is 5. The predicted octanol–water partition coefficient (Wildman–Crippen LogP) is 3.58. The van der Waals surface area contributed by atoms with Gasteiger partial charge in [0.2, 0.25) is 0 Å². The molecule has 0 atom stereocenters. The molecule has 6 nitrogen and oxygen atoms in total. The Bertz CT molecular complexity index is 967. The van der Waals surface area contributed by atoms with Crippen LogP contribution in [0, 0.1) is 0 Å². The first-order valence-electron chi connectivity index (χ1n) is 6.92. The minimum absolute atomic E-state index is 0.661. The number of aromatic nitrogens is 5. The van der Waals surface area contributed by atoms with Gasteiger partial charge in [0.05, 0.1) is 11.9 Å². The third-order valence-corrected chi connectivity index (χ3v) is 3.58. The molecule has 0 bridgehead atoms. The zero-order chi connectivity index (χ0) is 15.6. The molecule has 0 saturated heterocycles. The Balaban J connectivity index is 1.89. The Morgan fingerprint density at radius 1 is 1.09 bits per heavy atom. The summed E-state index contributed by atoms with van der Waals surface area (Å²) in [7, 11) is 0. The van der Waals surface area contributed by atoms with Crippen molar-refractivity contribution >= 4 is 28.8 Å². The van der Waals surface area contributed by atoms with E-state index in [0.717, 1.165) is 28.5 Å². The summed E-state index contributed by atoms with van der Waals surface area (Å²) in [5, 5.41) is 4.02. The Kier molecular flexibility index (Phi) is 3.36. The maximum absolute atomic E-state index is 6.07. The normalized spacial score (nSPS) is 10.8. The lowest BCUT2D eigenvalue weighted by molar-refractivity contribution is 1.13. The number of hydrogen-bond donors (Lipinski definition) is 1. The van der Waals surface area contributed by atoms with Gasteiger partial charge in [0.1, 0.15) is 17.8 Å². The van der Waals surface area contributed by atoms with E-state index in [1.54, 1.807) is 18.6 Å². The lowest BCUT2D eigenvalue weighted by atomic mass is 10.2. The van der Waals surface area contributed by atoms with Gasteiger partial charge in [-0.1, -0.05) is 17.7 Å². The van der Waals surface area contributed by atoms with Crippen LogP contribution in [0.4, 0.5) is 11.5 Å². The van der Waals surface area contributed by atoms with Crippen molar-refractivity contribution in [2.45, 2.75) is 0 Å². The average Bonchev–Trinajstić information content (AvgIpc) is 2.95. The van der Waals surface area contributed by atoms with Crippen molar-refractivity contribution in [1.29, 1.82) is 0 Å². The molecule has 1 aromatic carbocycles. The van der Waals surface area contributed by atoms with Crippen LogP contribution in [0.1, 0.15) is 0 Å². The molecule has 1 N–H and O–H groups in total. The lowest BCUT2D eigenvalue weighted by Crippen LogP contribution is -1.97. The van der Waals surface area contributed by atoms with E-state index >= 15 is 0 Å². The van der Waals surface area contributed by atoms with Crippen LogP contribution >= 0.6 is 11.6 Å². The van der Waals surface area contributed by atoms with Gasteiger partial charge in [0.25, 0.3) is 0 Å². The SMILES string of the molecule is Clc1cccc(Nc2c(-c3ccncn3)nc3cnccn23)c1. The minimum atomic E-state index is 0.661. The van der Waals surface area contributed by atoms with E-state index in [2.05, 4.69) is 25.3 Å². The molecular formula is C16H11ClN6. The van der Waals surface area contributed by atoms with Crippen LogP contribution in [-0.2, 0) is 0 Å². The van der Waals surface area contributed by atoms with Crippen LogP contribution in [0.2, 0.25) is 5.02 Å². The van der Waals surface area contributed by atoms with Gasteiger partial charge in [-0.25, -0.2) is 15.0 Å². The average molecular weight is 323 g/mol. The Labute approximate surface area is 136 Å². The van der Waals surface area contributed by atoms with Crippen molar-refractivity contribution in [2.24, 2.45) is 0 Å². The second-order valence-corrected chi connectivity index (χ2v) is 5.28. The van der Waals surface area contributed by atoms with Crippen LogP contribution in [0.25, 0.3) is 17.0 Å². The summed E-state index contributed by atoms with van der Waals surface area (Å²) in [5.74, 6) is 0.795. The molecule has 0 amide bonds. The summed E-state index contributed by atoms with van der Waals surface area (Å²) in [5.41, 5.74) is 3.05. The van der Waals surface area contributed by atoms with Crippen molar-refractivity contribution in [1.82, 2.24) is 24.3 Å². The molecule has 3 heterocycles. The molecule has 0 saturated carbocycles. The molecule has 7 heteroatoms. The summed E-state index contributed by atoms with van der Waals surface area (Å²) in [6, 6.07) is 9.33. The molecule has 0 aliphatic carbocycles. The summed E-state index contributed by atoms with van der Waals surface area (Å²) in [6.07, 6.45) is 8.45. The van der Waals surface area contributed by atoms with Crippen molar-refractivity contribution in [3.8, 4) is 11.4 Å². The number of anilines is 2. The van der Waals surface area contributed by atoms with Crippen LogP contribution in [0.15, 0.2) is 61.4 Å². The molecule has 0 fully saturated rings. The number of nitrogens with zero attached hydrogens (tertiary/aromatic N) is 5.